The lowest BCUT2D eigenvalue weighted by Crippen LogP contribution is -1.76. The third kappa shape index (κ3) is 1.19. The second-order valence-corrected chi connectivity index (χ2v) is 3.17. The Kier molecular flexibility index (Phi) is 1.78. The molecule has 2 aromatic rings. The number of hydrogen-bond acceptors (Lipinski definition) is 2. The predicted octanol–water partition coefficient (Wildman–Crippen LogP) is 2.90. The monoisotopic (exact) mass is 194 g/mol. The summed E-state index contributed by atoms with van der Waals surface area (Å²) >= 11 is 5.86. The molecule has 13 heavy (non-hydrogen) atoms. The van der Waals surface area contributed by atoms with Gasteiger partial charge in [0.25, 0.3) is 0 Å². The van der Waals surface area contributed by atoms with Gasteiger partial charge in [-0.2, -0.15) is 0 Å². The maximum Gasteiger partial charge on any atom is 0.125 e. The van der Waals surface area contributed by atoms with E-state index in [0.29, 0.717) is 15.8 Å². The van der Waals surface area contributed by atoms with E-state index in [4.69, 9.17) is 11.6 Å². The van der Waals surface area contributed by atoms with E-state index in [-0.39, 0.29) is 11.5 Å². The Balaban J connectivity index is 3.00. The van der Waals surface area contributed by atoms with Crippen molar-refractivity contribution in [2.45, 2.75) is 0 Å². The number of aromatic hydroxyl groups is 2. The van der Waals surface area contributed by atoms with Crippen molar-refractivity contribution in [1.29, 1.82) is 0 Å². The highest BCUT2D eigenvalue weighted by molar-refractivity contribution is 6.36. The van der Waals surface area contributed by atoms with Crippen LogP contribution in [0.5, 0.6) is 11.5 Å². The Morgan fingerprint density at radius 3 is 2.31 bits per heavy atom. The first-order valence-corrected chi connectivity index (χ1v) is 4.17. The van der Waals surface area contributed by atoms with Crippen LogP contribution in [0, 0.1) is 0 Å². The van der Waals surface area contributed by atoms with Gasteiger partial charge < -0.3 is 10.2 Å². The molecule has 2 aromatic carbocycles. The Morgan fingerprint density at radius 1 is 0.923 bits per heavy atom. The van der Waals surface area contributed by atoms with Gasteiger partial charge in [0, 0.05) is 10.8 Å². The van der Waals surface area contributed by atoms with Gasteiger partial charge in [-0.15, -0.1) is 0 Å². The zero-order valence-electron chi connectivity index (χ0n) is 6.66. The first-order valence-electron chi connectivity index (χ1n) is 3.79. The topological polar surface area (TPSA) is 40.5 Å². The van der Waals surface area contributed by atoms with Gasteiger partial charge in [0.05, 0.1) is 5.02 Å². The van der Waals surface area contributed by atoms with Gasteiger partial charge >= 0.3 is 0 Å². The molecule has 0 spiro atoms. The molecule has 0 heterocycles. The molecule has 0 aliphatic heterocycles. The van der Waals surface area contributed by atoms with Gasteiger partial charge in [0.15, 0.2) is 0 Å². The van der Waals surface area contributed by atoms with Crippen molar-refractivity contribution in [2.24, 2.45) is 0 Å². The summed E-state index contributed by atoms with van der Waals surface area (Å²) in [5.41, 5.74) is 0. The van der Waals surface area contributed by atoms with Crippen LogP contribution >= 0.6 is 11.6 Å². The summed E-state index contributed by atoms with van der Waals surface area (Å²) in [5, 5.41) is 20.4. The fourth-order valence-electron chi connectivity index (χ4n) is 1.33. The van der Waals surface area contributed by atoms with Crippen LogP contribution in [0.4, 0.5) is 0 Å². The molecular weight excluding hydrogens is 188 g/mol. The largest absolute Gasteiger partial charge is 0.507 e. The van der Waals surface area contributed by atoms with Gasteiger partial charge in [0.2, 0.25) is 0 Å². The molecule has 0 amide bonds. The number of fused-ring (bicyclic) bond motifs is 1. The van der Waals surface area contributed by atoms with Gasteiger partial charge in [-0.3, -0.25) is 0 Å². The standard InChI is InChI=1S/C10H7ClO2/c11-7-3-1-2-6-8(12)4-5-9(13)10(6)7/h1-5,12-13H. The summed E-state index contributed by atoms with van der Waals surface area (Å²) in [6.07, 6.45) is 0. The highest BCUT2D eigenvalue weighted by Gasteiger charge is 2.06. The van der Waals surface area contributed by atoms with E-state index >= 15 is 0 Å². The summed E-state index contributed by atoms with van der Waals surface area (Å²) in [6.45, 7) is 0. The van der Waals surface area contributed by atoms with E-state index in [1.54, 1.807) is 18.2 Å². The SMILES string of the molecule is Oc1ccc(O)c2c(Cl)cccc12. The Morgan fingerprint density at radius 2 is 1.62 bits per heavy atom. The van der Waals surface area contributed by atoms with Crippen molar-refractivity contribution in [3.63, 3.8) is 0 Å². The zero-order valence-corrected chi connectivity index (χ0v) is 7.42. The highest BCUT2D eigenvalue weighted by atomic mass is 35.5. The lowest BCUT2D eigenvalue weighted by molar-refractivity contribution is 0.469. The maximum atomic E-state index is 9.48. The first kappa shape index (κ1) is 8.20. The van der Waals surface area contributed by atoms with Crippen molar-refractivity contribution < 1.29 is 10.2 Å². The average Bonchev–Trinajstić information content (AvgIpc) is 2.12. The molecule has 0 bridgehead atoms. The molecule has 0 radical (unpaired) electrons. The van der Waals surface area contributed by atoms with Gasteiger partial charge in [-0.25, -0.2) is 0 Å². The minimum Gasteiger partial charge on any atom is -0.507 e. The molecule has 0 saturated carbocycles. The Labute approximate surface area is 80.0 Å². The summed E-state index contributed by atoms with van der Waals surface area (Å²) in [5.74, 6) is 0.203. The van der Waals surface area contributed by atoms with Crippen LogP contribution in [0.1, 0.15) is 0 Å². The molecular formula is C10H7ClO2. The molecule has 66 valence electrons. The molecule has 0 aliphatic rings. The molecule has 2 rings (SSSR count). The second-order valence-electron chi connectivity index (χ2n) is 2.77. The summed E-state index contributed by atoms with van der Waals surface area (Å²) in [7, 11) is 0. The number of hydrogen-bond donors (Lipinski definition) is 2. The first-order chi connectivity index (χ1) is 6.20. The summed E-state index contributed by atoms with van der Waals surface area (Å²) in [6, 6.07) is 7.96. The van der Waals surface area contributed by atoms with E-state index in [2.05, 4.69) is 0 Å². The van der Waals surface area contributed by atoms with Crippen molar-refractivity contribution >= 4 is 22.4 Å². The van der Waals surface area contributed by atoms with Crippen LogP contribution < -0.4 is 0 Å². The minimum atomic E-state index is 0.0819. The Bertz CT molecular complexity index is 457. The van der Waals surface area contributed by atoms with Crippen LogP contribution in [0.15, 0.2) is 30.3 Å². The van der Waals surface area contributed by atoms with Crippen molar-refractivity contribution in [2.75, 3.05) is 0 Å². The normalized spacial score (nSPS) is 10.5. The van der Waals surface area contributed by atoms with Gasteiger partial charge in [0.1, 0.15) is 11.5 Å². The second kappa shape index (κ2) is 2.82. The molecule has 3 heteroatoms. The number of phenolic OH excluding ortho intramolecular Hbond substituents is 2. The van der Waals surface area contributed by atoms with Crippen LogP contribution in [0.3, 0.4) is 0 Å². The van der Waals surface area contributed by atoms with Crippen molar-refractivity contribution in [3.05, 3.63) is 35.4 Å². The molecule has 2 N–H and O–H groups in total. The fraction of sp³-hybridized carbons (Fsp3) is 0. The van der Waals surface area contributed by atoms with E-state index in [1.165, 1.54) is 12.1 Å². The molecule has 2 nitrogen and oxygen atoms in total. The van der Waals surface area contributed by atoms with Crippen molar-refractivity contribution in [3.8, 4) is 11.5 Å². The van der Waals surface area contributed by atoms with E-state index in [9.17, 15) is 10.2 Å². The maximum absolute atomic E-state index is 9.48. The van der Waals surface area contributed by atoms with E-state index < -0.39 is 0 Å². The minimum absolute atomic E-state index is 0.0819. The molecule has 0 atom stereocenters. The summed E-state index contributed by atoms with van der Waals surface area (Å²) in [4.78, 5) is 0. The lowest BCUT2D eigenvalue weighted by Gasteiger charge is -2.04. The molecule has 0 aromatic heterocycles. The van der Waals surface area contributed by atoms with Crippen LogP contribution in [-0.4, -0.2) is 10.2 Å². The van der Waals surface area contributed by atoms with E-state index in [1.807, 2.05) is 0 Å². The lowest BCUT2D eigenvalue weighted by atomic mass is 10.1. The average molecular weight is 195 g/mol. The molecule has 0 unspecified atom stereocenters. The van der Waals surface area contributed by atoms with Gasteiger partial charge in [-0.1, -0.05) is 23.7 Å². The Hall–Kier alpha value is -1.41. The smallest absolute Gasteiger partial charge is 0.125 e. The third-order valence-corrected chi connectivity index (χ3v) is 2.26. The number of halogens is 1. The molecule has 0 saturated heterocycles. The zero-order chi connectivity index (χ0) is 9.42. The molecule has 0 aliphatic carbocycles. The van der Waals surface area contributed by atoms with Crippen LogP contribution in [0.2, 0.25) is 5.02 Å². The van der Waals surface area contributed by atoms with Crippen molar-refractivity contribution in [1.82, 2.24) is 0 Å². The predicted molar refractivity (Wildman–Crippen MR) is 52.3 cm³/mol. The van der Waals surface area contributed by atoms with E-state index in [0.717, 1.165) is 0 Å². The highest BCUT2D eigenvalue weighted by Crippen LogP contribution is 2.36. The van der Waals surface area contributed by atoms with Crippen LogP contribution in [-0.2, 0) is 0 Å². The molecule has 0 fully saturated rings. The number of benzene rings is 2. The number of phenols is 2. The fourth-order valence-corrected chi connectivity index (χ4v) is 1.60. The van der Waals surface area contributed by atoms with Gasteiger partial charge in [-0.05, 0) is 18.2 Å². The quantitative estimate of drug-likeness (QED) is 0.633. The number of rotatable bonds is 0. The van der Waals surface area contributed by atoms with Crippen LogP contribution in [0.25, 0.3) is 10.8 Å². The third-order valence-electron chi connectivity index (χ3n) is 1.94. The summed E-state index contributed by atoms with van der Waals surface area (Å²) < 4.78 is 0.